The first kappa shape index (κ1) is 13.2. The molecule has 5 nitrogen and oxygen atoms in total. The molecular weight excluding hydrogens is 232 g/mol. The van der Waals surface area contributed by atoms with Crippen molar-refractivity contribution in [3.8, 4) is 0 Å². The Morgan fingerprint density at radius 1 is 1.28 bits per heavy atom. The zero-order valence-electron chi connectivity index (χ0n) is 11.1. The van der Waals surface area contributed by atoms with Gasteiger partial charge in [0.2, 0.25) is 5.91 Å². The van der Waals surface area contributed by atoms with Gasteiger partial charge in [-0.25, -0.2) is 4.79 Å². The molecule has 1 saturated heterocycles. The second-order valence-electron chi connectivity index (χ2n) is 5.33. The molecule has 1 heterocycles. The van der Waals surface area contributed by atoms with E-state index in [0.717, 1.165) is 38.6 Å². The molecule has 0 bridgehead atoms. The smallest absolute Gasteiger partial charge is 0.407 e. The fourth-order valence-electron chi connectivity index (χ4n) is 2.78. The van der Waals surface area contributed by atoms with Crippen molar-refractivity contribution >= 4 is 12.0 Å². The van der Waals surface area contributed by atoms with Crippen molar-refractivity contribution in [1.29, 1.82) is 0 Å². The van der Waals surface area contributed by atoms with Crippen LogP contribution in [-0.4, -0.2) is 42.6 Å². The summed E-state index contributed by atoms with van der Waals surface area (Å²) in [6, 6.07) is -0.105. The van der Waals surface area contributed by atoms with Crippen LogP contribution in [0.1, 0.15) is 39.0 Å². The summed E-state index contributed by atoms with van der Waals surface area (Å²) in [5.41, 5.74) is 0. The first-order valence-corrected chi connectivity index (χ1v) is 6.78. The van der Waals surface area contributed by atoms with Crippen molar-refractivity contribution < 1.29 is 14.3 Å². The van der Waals surface area contributed by atoms with Gasteiger partial charge in [-0.15, -0.1) is 0 Å². The van der Waals surface area contributed by atoms with E-state index in [1.165, 1.54) is 7.11 Å². The molecule has 1 unspecified atom stereocenters. The number of likely N-dealkylation sites (tertiary alicyclic amines) is 1. The van der Waals surface area contributed by atoms with Gasteiger partial charge in [0.25, 0.3) is 0 Å². The molecule has 1 saturated carbocycles. The van der Waals surface area contributed by atoms with E-state index in [2.05, 4.69) is 17.0 Å². The lowest BCUT2D eigenvalue weighted by atomic mass is 9.79. The normalized spacial score (nSPS) is 25.4. The molecule has 0 aromatic carbocycles. The maximum atomic E-state index is 12.5. The molecule has 0 spiro atoms. The first-order valence-electron chi connectivity index (χ1n) is 6.78. The minimum absolute atomic E-state index is 0.0649. The topological polar surface area (TPSA) is 58.6 Å². The highest BCUT2D eigenvalue weighted by Crippen LogP contribution is 2.31. The summed E-state index contributed by atoms with van der Waals surface area (Å²) in [4.78, 5) is 25.8. The minimum Gasteiger partial charge on any atom is -0.453 e. The lowest BCUT2D eigenvalue weighted by Crippen LogP contribution is -2.54. The van der Waals surface area contributed by atoms with Gasteiger partial charge in [-0.05, 0) is 38.5 Å². The molecule has 2 fully saturated rings. The third-order valence-electron chi connectivity index (χ3n) is 4.18. The van der Waals surface area contributed by atoms with Gasteiger partial charge in [0, 0.05) is 12.6 Å². The molecule has 102 valence electrons. The maximum absolute atomic E-state index is 12.5. The number of hydrogen-bond donors (Lipinski definition) is 1. The molecule has 0 aromatic rings. The summed E-state index contributed by atoms with van der Waals surface area (Å²) < 4.78 is 4.62. The summed E-state index contributed by atoms with van der Waals surface area (Å²) in [5, 5.41) is 2.71. The summed E-state index contributed by atoms with van der Waals surface area (Å²) in [6.45, 7) is 2.88. The minimum atomic E-state index is -0.507. The number of amides is 2. The Morgan fingerprint density at radius 2 is 2.00 bits per heavy atom. The van der Waals surface area contributed by atoms with E-state index >= 15 is 0 Å². The van der Waals surface area contributed by atoms with Crippen molar-refractivity contribution in [2.24, 2.45) is 5.92 Å². The molecule has 2 amide bonds. The largest absolute Gasteiger partial charge is 0.453 e. The predicted molar refractivity (Wildman–Crippen MR) is 67.1 cm³/mol. The molecule has 2 atom stereocenters. The van der Waals surface area contributed by atoms with Crippen LogP contribution < -0.4 is 5.32 Å². The standard InChI is InChI=1S/C13H22N2O3/c1-9-5-4-8-15(9)12(16)11(10-6-3-7-10)14-13(17)18-2/h9-11H,3-8H2,1-2H3,(H,14,17)/t9-,11?/m1/s1. The third kappa shape index (κ3) is 2.60. The van der Waals surface area contributed by atoms with Crippen LogP contribution in [0.4, 0.5) is 4.79 Å². The predicted octanol–water partition coefficient (Wildman–Crippen LogP) is 1.52. The Bertz CT molecular complexity index is 328. The molecular formula is C13H22N2O3. The lowest BCUT2D eigenvalue weighted by Gasteiger charge is -2.36. The molecule has 0 radical (unpaired) electrons. The van der Waals surface area contributed by atoms with E-state index in [1.807, 2.05) is 4.90 Å². The fourth-order valence-corrected chi connectivity index (χ4v) is 2.78. The first-order chi connectivity index (χ1) is 8.63. The maximum Gasteiger partial charge on any atom is 0.407 e. The molecule has 1 aliphatic heterocycles. The molecule has 18 heavy (non-hydrogen) atoms. The highest BCUT2D eigenvalue weighted by Gasteiger charge is 2.38. The van der Waals surface area contributed by atoms with E-state index < -0.39 is 12.1 Å². The highest BCUT2D eigenvalue weighted by molar-refractivity contribution is 5.86. The third-order valence-corrected chi connectivity index (χ3v) is 4.18. The number of nitrogens with zero attached hydrogens (tertiary/aromatic N) is 1. The molecule has 1 N–H and O–H groups in total. The number of hydrogen-bond acceptors (Lipinski definition) is 3. The Hall–Kier alpha value is -1.26. The van der Waals surface area contributed by atoms with Crippen LogP contribution in [0, 0.1) is 5.92 Å². The van der Waals surface area contributed by atoms with E-state index in [0.29, 0.717) is 6.04 Å². The Kier molecular flexibility index (Phi) is 4.09. The fraction of sp³-hybridized carbons (Fsp3) is 0.846. The van der Waals surface area contributed by atoms with Crippen molar-refractivity contribution in [3.63, 3.8) is 0 Å². The summed E-state index contributed by atoms with van der Waals surface area (Å²) >= 11 is 0. The van der Waals surface area contributed by atoms with Crippen molar-refractivity contribution in [2.75, 3.05) is 13.7 Å². The molecule has 0 aromatic heterocycles. The van der Waals surface area contributed by atoms with Gasteiger partial charge in [-0.2, -0.15) is 0 Å². The Balaban J connectivity index is 2.02. The summed E-state index contributed by atoms with van der Waals surface area (Å²) in [6.07, 6.45) is 4.79. The van der Waals surface area contributed by atoms with Crippen molar-refractivity contribution in [2.45, 2.75) is 51.1 Å². The molecule has 5 heteroatoms. The van der Waals surface area contributed by atoms with Crippen LogP contribution in [0.15, 0.2) is 0 Å². The van der Waals surface area contributed by atoms with Gasteiger partial charge in [-0.1, -0.05) is 6.42 Å². The van der Waals surface area contributed by atoms with Crippen LogP contribution >= 0.6 is 0 Å². The van der Waals surface area contributed by atoms with Crippen LogP contribution in [-0.2, 0) is 9.53 Å². The zero-order valence-corrected chi connectivity index (χ0v) is 11.1. The second-order valence-corrected chi connectivity index (χ2v) is 5.33. The SMILES string of the molecule is COC(=O)NC(C(=O)N1CCC[C@H]1C)C1CCC1. The van der Waals surface area contributed by atoms with Gasteiger partial charge in [0.1, 0.15) is 6.04 Å². The average molecular weight is 254 g/mol. The number of carbonyl (C=O) groups is 2. The van der Waals surface area contributed by atoms with Crippen LogP contribution in [0.25, 0.3) is 0 Å². The van der Waals surface area contributed by atoms with Gasteiger partial charge >= 0.3 is 6.09 Å². The number of alkyl carbamates (subject to hydrolysis) is 1. The van der Waals surface area contributed by atoms with Crippen molar-refractivity contribution in [3.05, 3.63) is 0 Å². The Morgan fingerprint density at radius 3 is 2.44 bits per heavy atom. The van der Waals surface area contributed by atoms with Crippen LogP contribution in [0.5, 0.6) is 0 Å². The zero-order chi connectivity index (χ0) is 13.1. The summed E-state index contributed by atoms with van der Waals surface area (Å²) in [7, 11) is 1.33. The molecule has 2 rings (SSSR count). The lowest BCUT2D eigenvalue weighted by molar-refractivity contribution is -0.136. The highest BCUT2D eigenvalue weighted by atomic mass is 16.5. The number of carbonyl (C=O) groups excluding carboxylic acids is 2. The van der Waals surface area contributed by atoms with Gasteiger partial charge < -0.3 is 15.0 Å². The monoisotopic (exact) mass is 254 g/mol. The number of ether oxygens (including phenoxy) is 1. The summed E-state index contributed by atoms with van der Waals surface area (Å²) in [5.74, 6) is 0.347. The number of nitrogens with one attached hydrogen (secondary N) is 1. The van der Waals surface area contributed by atoms with Gasteiger partial charge in [-0.3, -0.25) is 4.79 Å². The quantitative estimate of drug-likeness (QED) is 0.830. The average Bonchev–Trinajstić information content (AvgIpc) is 2.71. The van der Waals surface area contributed by atoms with E-state index in [-0.39, 0.29) is 11.8 Å². The van der Waals surface area contributed by atoms with Crippen LogP contribution in [0.2, 0.25) is 0 Å². The number of rotatable bonds is 3. The molecule has 1 aliphatic carbocycles. The Labute approximate surface area is 108 Å². The number of methoxy groups -OCH3 is 1. The van der Waals surface area contributed by atoms with E-state index in [4.69, 9.17) is 0 Å². The second kappa shape index (κ2) is 5.59. The van der Waals surface area contributed by atoms with Gasteiger partial charge in [0.15, 0.2) is 0 Å². The van der Waals surface area contributed by atoms with Gasteiger partial charge in [0.05, 0.1) is 7.11 Å². The van der Waals surface area contributed by atoms with Crippen LogP contribution in [0.3, 0.4) is 0 Å². The van der Waals surface area contributed by atoms with E-state index in [9.17, 15) is 9.59 Å². The molecule has 2 aliphatic rings. The van der Waals surface area contributed by atoms with E-state index in [1.54, 1.807) is 0 Å². The van der Waals surface area contributed by atoms with Crippen molar-refractivity contribution in [1.82, 2.24) is 10.2 Å².